The van der Waals surface area contributed by atoms with Crippen molar-refractivity contribution in [2.24, 2.45) is 10.9 Å². The molecule has 1 atom stereocenters. The topological polar surface area (TPSA) is 127 Å². The first-order valence-electron chi connectivity index (χ1n) is 12.7. The SMILES string of the molecule is CCOC(=O)C1=C(C2CCC(c3nc(CC(=O)O)co3)CC2)NC(c2nccs2)=NC1c1ccc(F)c(F)c1Cl. The van der Waals surface area contributed by atoms with Crippen LogP contribution in [0.15, 0.2) is 50.7 Å². The minimum Gasteiger partial charge on any atom is -0.481 e. The molecule has 1 aromatic carbocycles. The van der Waals surface area contributed by atoms with Gasteiger partial charge in [0.25, 0.3) is 0 Å². The number of thiazole rings is 1. The average Bonchev–Trinajstić information content (AvgIpc) is 3.64. The molecule has 1 saturated carbocycles. The molecule has 210 valence electrons. The van der Waals surface area contributed by atoms with Crippen molar-refractivity contribution in [1.82, 2.24) is 15.3 Å². The number of amidine groups is 1. The van der Waals surface area contributed by atoms with E-state index >= 15 is 0 Å². The number of aromatic nitrogens is 2. The van der Waals surface area contributed by atoms with Crippen LogP contribution in [0, 0.1) is 17.6 Å². The van der Waals surface area contributed by atoms with E-state index < -0.39 is 34.6 Å². The molecule has 2 aromatic heterocycles. The number of nitrogens with zero attached hydrogens (tertiary/aromatic N) is 3. The molecule has 0 spiro atoms. The number of aliphatic carboxylic acids is 1. The molecule has 3 heterocycles. The Morgan fingerprint density at radius 2 is 1.98 bits per heavy atom. The van der Waals surface area contributed by atoms with Crippen molar-refractivity contribution < 1.29 is 32.6 Å². The first-order chi connectivity index (χ1) is 19.3. The lowest BCUT2D eigenvalue weighted by molar-refractivity contribution is -0.139. The fraction of sp³-hybridized carbons (Fsp3) is 0.370. The van der Waals surface area contributed by atoms with Crippen LogP contribution in [0.1, 0.15) is 66.7 Å². The van der Waals surface area contributed by atoms with Crippen molar-refractivity contribution in [2.45, 2.75) is 51.0 Å². The second-order valence-electron chi connectivity index (χ2n) is 9.45. The second kappa shape index (κ2) is 11.8. The van der Waals surface area contributed by atoms with E-state index in [1.54, 1.807) is 18.5 Å². The number of esters is 1. The van der Waals surface area contributed by atoms with E-state index in [0.29, 0.717) is 53.8 Å². The Balaban J connectivity index is 1.51. The first kappa shape index (κ1) is 27.9. The monoisotopic (exact) mass is 590 g/mol. The van der Waals surface area contributed by atoms with E-state index in [2.05, 4.69) is 15.3 Å². The highest BCUT2D eigenvalue weighted by Crippen LogP contribution is 2.44. The number of halogens is 3. The van der Waals surface area contributed by atoms with E-state index in [0.717, 1.165) is 6.07 Å². The normalized spacial score (nSPS) is 21.1. The van der Waals surface area contributed by atoms with Gasteiger partial charge in [0, 0.05) is 28.8 Å². The molecular formula is C27H25ClF2N4O5S. The lowest BCUT2D eigenvalue weighted by atomic mass is 9.78. The molecule has 0 radical (unpaired) electrons. The quantitative estimate of drug-likeness (QED) is 0.257. The standard InChI is InChI=1S/C27H25ClF2N4O5S/c1-2-38-27(37)19-22(13-3-5-14(6-4-13)25-32-15(12-39-25)11-18(35)36)33-24(26-31-9-10-40-26)34-23(19)16-7-8-17(29)21(30)20(16)28/h7-10,12-14,23H,2-6,11H2,1H3,(H,33,34)(H,35,36). The largest absolute Gasteiger partial charge is 0.481 e. The van der Waals surface area contributed by atoms with E-state index in [1.807, 2.05) is 0 Å². The number of carbonyl (C=O) groups excluding carboxylic acids is 1. The molecule has 3 aromatic rings. The van der Waals surface area contributed by atoms with Crippen LogP contribution in [0.5, 0.6) is 0 Å². The maximum atomic E-state index is 14.6. The average molecular weight is 591 g/mol. The van der Waals surface area contributed by atoms with Gasteiger partial charge in [-0.05, 0) is 44.6 Å². The number of oxazole rings is 1. The van der Waals surface area contributed by atoms with Crippen molar-refractivity contribution in [2.75, 3.05) is 6.61 Å². The number of allylic oxidation sites excluding steroid dienone is 1. The maximum Gasteiger partial charge on any atom is 0.338 e. The van der Waals surface area contributed by atoms with Crippen LogP contribution < -0.4 is 5.32 Å². The second-order valence-corrected chi connectivity index (χ2v) is 10.7. The number of carbonyl (C=O) groups is 2. The summed E-state index contributed by atoms with van der Waals surface area (Å²) in [6.45, 7) is 1.78. The van der Waals surface area contributed by atoms with Crippen molar-refractivity contribution in [1.29, 1.82) is 0 Å². The number of carboxylic acids is 1. The van der Waals surface area contributed by atoms with Gasteiger partial charge in [-0.25, -0.2) is 23.5 Å². The summed E-state index contributed by atoms with van der Waals surface area (Å²) in [4.78, 5) is 37.8. The molecule has 40 heavy (non-hydrogen) atoms. The molecule has 2 aliphatic rings. The highest BCUT2D eigenvalue weighted by molar-refractivity contribution is 7.11. The summed E-state index contributed by atoms with van der Waals surface area (Å²) in [7, 11) is 0. The van der Waals surface area contributed by atoms with Crippen molar-refractivity contribution in [3.8, 4) is 0 Å². The van der Waals surface area contributed by atoms with Gasteiger partial charge in [-0.3, -0.25) is 9.79 Å². The van der Waals surface area contributed by atoms with Gasteiger partial charge in [0.2, 0.25) is 0 Å². The lowest BCUT2D eigenvalue weighted by Crippen LogP contribution is -2.38. The van der Waals surface area contributed by atoms with E-state index in [9.17, 15) is 18.4 Å². The Labute approximate surface area is 237 Å². The molecular weight excluding hydrogens is 566 g/mol. The zero-order chi connectivity index (χ0) is 28.4. The van der Waals surface area contributed by atoms with Gasteiger partial charge in [0.1, 0.15) is 12.3 Å². The Hall–Kier alpha value is -3.64. The van der Waals surface area contributed by atoms with Gasteiger partial charge < -0.3 is 19.6 Å². The van der Waals surface area contributed by atoms with Crippen LogP contribution in [-0.2, 0) is 20.7 Å². The summed E-state index contributed by atoms with van der Waals surface area (Å²) in [6.07, 6.45) is 5.37. The predicted octanol–water partition coefficient (Wildman–Crippen LogP) is 5.57. The molecule has 2 N–H and O–H groups in total. The zero-order valence-electron chi connectivity index (χ0n) is 21.3. The van der Waals surface area contributed by atoms with Crippen LogP contribution >= 0.6 is 22.9 Å². The van der Waals surface area contributed by atoms with Gasteiger partial charge in [-0.15, -0.1) is 11.3 Å². The van der Waals surface area contributed by atoms with Gasteiger partial charge in [-0.2, -0.15) is 0 Å². The fourth-order valence-corrected chi connectivity index (χ4v) is 5.97. The molecule has 1 fully saturated rings. The van der Waals surface area contributed by atoms with Gasteiger partial charge in [0.15, 0.2) is 28.4 Å². The molecule has 1 aliphatic heterocycles. The first-order valence-corrected chi connectivity index (χ1v) is 14.0. The van der Waals surface area contributed by atoms with Gasteiger partial charge >= 0.3 is 11.9 Å². The Morgan fingerprint density at radius 1 is 1.23 bits per heavy atom. The van der Waals surface area contributed by atoms with Crippen LogP contribution in [0.25, 0.3) is 0 Å². The number of rotatable bonds is 8. The summed E-state index contributed by atoms with van der Waals surface area (Å²) in [5.41, 5.74) is 1.25. The minimum atomic E-state index is -1.22. The number of ether oxygens (including phenoxy) is 1. The van der Waals surface area contributed by atoms with Crippen molar-refractivity contribution >= 4 is 40.7 Å². The smallest absolute Gasteiger partial charge is 0.338 e. The highest BCUT2D eigenvalue weighted by atomic mass is 35.5. The summed E-state index contributed by atoms with van der Waals surface area (Å²) in [5.74, 6) is -3.23. The Morgan fingerprint density at radius 3 is 2.65 bits per heavy atom. The van der Waals surface area contributed by atoms with E-state index in [1.165, 1.54) is 23.7 Å². The van der Waals surface area contributed by atoms with E-state index in [-0.39, 0.29) is 36.0 Å². The van der Waals surface area contributed by atoms with Crippen LogP contribution in [0.4, 0.5) is 8.78 Å². The molecule has 5 rings (SSSR count). The van der Waals surface area contributed by atoms with Crippen molar-refractivity contribution in [3.05, 3.63) is 80.1 Å². The fourth-order valence-electron chi connectivity index (χ4n) is 5.12. The van der Waals surface area contributed by atoms with Crippen LogP contribution in [0.3, 0.4) is 0 Å². The lowest BCUT2D eigenvalue weighted by Gasteiger charge is -2.34. The third kappa shape index (κ3) is 5.64. The molecule has 0 saturated heterocycles. The number of hydrogen-bond acceptors (Lipinski definition) is 9. The summed E-state index contributed by atoms with van der Waals surface area (Å²) < 4.78 is 39.5. The van der Waals surface area contributed by atoms with Crippen LogP contribution in [0.2, 0.25) is 5.02 Å². The minimum absolute atomic E-state index is 0.0161. The zero-order valence-corrected chi connectivity index (χ0v) is 22.9. The van der Waals surface area contributed by atoms with Gasteiger partial charge in [0.05, 0.1) is 29.3 Å². The predicted molar refractivity (Wildman–Crippen MR) is 142 cm³/mol. The third-order valence-corrected chi connectivity index (χ3v) is 8.12. The summed E-state index contributed by atoms with van der Waals surface area (Å²) in [5, 5.41) is 14.2. The van der Waals surface area contributed by atoms with Crippen molar-refractivity contribution in [3.63, 3.8) is 0 Å². The summed E-state index contributed by atoms with van der Waals surface area (Å²) in [6, 6.07) is 1.23. The molecule has 0 bridgehead atoms. The third-order valence-electron chi connectivity index (χ3n) is 6.95. The molecule has 9 nitrogen and oxygen atoms in total. The number of benzene rings is 1. The number of aliphatic imine (C=N–C) groups is 1. The van der Waals surface area contributed by atoms with E-state index in [4.69, 9.17) is 30.9 Å². The number of nitrogens with one attached hydrogen (secondary N) is 1. The molecule has 1 aliphatic carbocycles. The highest BCUT2D eigenvalue weighted by Gasteiger charge is 2.39. The molecule has 13 heteroatoms. The maximum absolute atomic E-state index is 14.6. The van der Waals surface area contributed by atoms with Crippen LogP contribution in [-0.4, -0.2) is 39.5 Å². The molecule has 1 unspecified atom stereocenters. The Kier molecular flexibility index (Phi) is 8.27. The number of hydrogen-bond donors (Lipinski definition) is 2. The molecule has 0 amide bonds. The van der Waals surface area contributed by atoms with Gasteiger partial charge in [-0.1, -0.05) is 17.7 Å². The summed E-state index contributed by atoms with van der Waals surface area (Å²) >= 11 is 7.60. The Bertz CT molecular complexity index is 1480. The number of carboxylic acid groups (broad SMARTS) is 1.